The van der Waals surface area contributed by atoms with Crippen molar-refractivity contribution in [1.82, 2.24) is 4.90 Å². The molecular formula is C32H34N2O3S. The molecule has 38 heavy (non-hydrogen) atoms. The average molecular weight is 527 g/mol. The van der Waals surface area contributed by atoms with E-state index in [2.05, 4.69) is 32.0 Å². The van der Waals surface area contributed by atoms with E-state index in [1.165, 1.54) is 23.7 Å². The molecule has 1 amide bonds. The van der Waals surface area contributed by atoms with Crippen LogP contribution in [0.25, 0.3) is 6.08 Å². The molecule has 5 nitrogen and oxygen atoms in total. The molecule has 0 radical (unpaired) electrons. The highest BCUT2D eigenvalue weighted by Gasteiger charge is 2.41. The van der Waals surface area contributed by atoms with Gasteiger partial charge in [-0.1, -0.05) is 73.9 Å². The number of amides is 1. The summed E-state index contributed by atoms with van der Waals surface area (Å²) in [5.41, 5.74) is 4.05. The highest BCUT2D eigenvalue weighted by atomic mass is 32.2. The summed E-state index contributed by atoms with van der Waals surface area (Å²) in [6.07, 6.45) is 6.45. The first-order valence-electron chi connectivity index (χ1n) is 13.2. The molecule has 3 aromatic carbocycles. The number of benzene rings is 3. The van der Waals surface area contributed by atoms with Crippen molar-refractivity contribution < 1.29 is 14.3 Å². The molecule has 1 aliphatic heterocycles. The summed E-state index contributed by atoms with van der Waals surface area (Å²) in [7, 11) is 1.64. The molecule has 5 rings (SSSR count). The molecule has 2 atom stereocenters. The Bertz CT molecular complexity index is 1350. The van der Waals surface area contributed by atoms with Crippen LogP contribution in [0.2, 0.25) is 0 Å². The Kier molecular flexibility index (Phi) is 8.18. The lowest BCUT2D eigenvalue weighted by molar-refractivity contribution is -0.124. The summed E-state index contributed by atoms with van der Waals surface area (Å²) in [6, 6.07) is 24.1. The van der Waals surface area contributed by atoms with E-state index in [9.17, 15) is 4.79 Å². The number of amidine groups is 1. The Morgan fingerprint density at radius 3 is 2.58 bits per heavy atom. The fourth-order valence-corrected chi connectivity index (χ4v) is 6.20. The van der Waals surface area contributed by atoms with Crippen molar-refractivity contribution in [3.05, 3.63) is 94.4 Å². The summed E-state index contributed by atoms with van der Waals surface area (Å²) < 4.78 is 11.7. The number of hydrogen-bond acceptors (Lipinski definition) is 5. The molecule has 1 saturated heterocycles. The lowest BCUT2D eigenvalue weighted by Crippen LogP contribution is -2.44. The van der Waals surface area contributed by atoms with Crippen LogP contribution in [0.4, 0.5) is 5.69 Å². The van der Waals surface area contributed by atoms with Gasteiger partial charge in [-0.25, -0.2) is 4.99 Å². The first-order chi connectivity index (χ1) is 18.5. The lowest BCUT2D eigenvalue weighted by Gasteiger charge is -2.35. The van der Waals surface area contributed by atoms with Crippen LogP contribution in [0.1, 0.15) is 49.3 Å². The zero-order valence-electron chi connectivity index (χ0n) is 22.2. The van der Waals surface area contributed by atoms with E-state index < -0.39 is 0 Å². The van der Waals surface area contributed by atoms with E-state index >= 15 is 0 Å². The second-order valence-electron chi connectivity index (χ2n) is 10.0. The SMILES string of the molecule is COc1cc(/C=C2\SC(=Nc3ccccc3)N([C@H]3CCCC[C@H]3C)C2=O)ccc1OCc1cccc(C)c1. The van der Waals surface area contributed by atoms with Gasteiger partial charge < -0.3 is 9.47 Å². The molecular weight excluding hydrogens is 492 g/mol. The molecule has 0 unspecified atom stereocenters. The van der Waals surface area contributed by atoms with Crippen molar-refractivity contribution in [3.8, 4) is 11.5 Å². The second kappa shape index (κ2) is 11.9. The predicted octanol–water partition coefficient (Wildman–Crippen LogP) is 7.77. The lowest BCUT2D eigenvalue weighted by atomic mass is 9.85. The third kappa shape index (κ3) is 5.97. The number of carbonyl (C=O) groups excluding carboxylic acids is 1. The number of para-hydroxylation sites is 1. The summed E-state index contributed by atoms with van der Waals surface area (Å²) in [5.74, 6) is 1.78. The van der Waals surface area contributed by atoms with Gasteiger partial charge in [0.05, 0.1) is 17.7 Å². The smallest absolute Gasteiger partial charge is 0.267 e. The van der Waals surface area contributed by atoms with Gasteiger partial charge in [0, 0.05) is 6.04 Å². The van der Waals surface area contributed by atoms with Gasteiger partial charge in [-0.3, -0.25) is 9.69 Å². The normalized spacial score (nSPS) is 21.8. The minimum atomic E-state index is 0.0298. The first-order valence-corrected chi connectivity index (χ1v) is 14.1. The molecule has 1 heterocycles. The number of aliphatic imine (C=N–C) groups is 1. The average Bonchev–Trinajstić information content (AvgIpc) is 3.22. The van der Waals surface area contributed by atoms with E-state index in [0.29, 0.717) is 28.9 Å². The summed E-state index contributed by atoms with van der Waals surface area (Å²) in [6.45, 7) is 4.78. The highest BCUT2D eigenvalue weighted by Crippen LogP contribution is 2.40. The van der Waals surface area contributed by atoms with E-state index in [4.69, 9.17) is 14.5 Å². The van der Waals surface area contributed by atoms with Crippen molar-refractivity contribution in [1.29, 1.82) is 0 Å². The van der Waals surface area contributed by atoms with Crippen LogP contribution in [0, 0.1) is 12.8 Å². The highest BCUT2D eigenvalue weighted by molar-refractivity contribution is 8.18. The Morgan fingerprint density at radius 1 is 1.00 bits per heavy atom. The number of methoxy groups -OCH3 is 1. The van der Waals surface area contributed by atoms with Gasteiger partial charge in [0.2, 0.25) is 0 Å². The van der Waals surface area contributed by atoms with Gasteiger partial charge >= 0.3 is 0 Å². The standard InChI is InChI=1S/C32H34N2O3S/c1-22-10-9-12-25(18-22)21-37-28-17-16-24(19-29(28)36-3)20-30-31(35)34(27-15-8-7-11-23(27)2)32(38-30)33-26-13-5-4-6-14-26/h4-6,9-10,12-14,16-20,23,27H,7-8,11,15,21H2,1-3H3/b30-20-,33-32?/t23-,27+/m1/s1. The Hall–Kier alpha value is -3.51. The Morgan fingerprint density at radius 2 is 1.82 bits per heavy atom. The monoisotopic (exact) mass is 526 g/mol. The van der Waals surface area contributed by atoms with Crippen molar-refractivity contribution in [2.45, 2.75) is 52.2 Å². The Balaban J connectivity index is 1.41. The third-order valence-corrected chi connectivity index (χ3v) is 8.16. The molecule has 2 fully saturated rings. The van der Waals surface area contributed by atoms with E-state index in [-0.39, 0.29) is 11.9 Å². The topological polar surface area (TPSA) is 51.1 Å². The van der Waals surface area contributed by atoms with Crippen molar-refractivity contribution >= 4 is 34.6 Å². The molecule has 2 aliphatic rings. The summed E-state index contributed by atoms with van der Waals surface area (Å²) in [5, 5.41) is 0.760. The molecule has 0 aromatic heterocycles. The fourth-order valence-electron chi connectivity index (χ4n) is 5.16. The predicted molar refractivity (Wildman–Crippen MR) is 156 cm³/mol. The first kappa shape index (κ1) is 26.1. The van der Waals surface area contributed by atoms with Crippen LogP contribution in [0.3, 0.4) is 0 Å². The van der Waals surface area contributed by atoms with Gasteiger partial charge in [0.25, 0.3) is 5.91 Å². The molecule has 196 valence electrons. The van der Waals surface area contributed by atoms with E-state index in [1.807, 2.05) is 65.6 Å². The molecule has 0 spiro atoms. The van der Waals surface area contributed by atoms with Crippen molar-refractivity contribution in [2.75, 3.05) is 7.11 Å². The molecule has 3 aromatic rings. The van der Waals surface area contributed by atoms with Gasteiger partial charge in [-0.15, -0.1) is 0 Å². The minimum absolute atomic E-state index is 0.0298. The van der Waals surface area contributed by atoms with Crippen LogP contribution in [-0.4, -0.2) is 29.1 Å². The summed E-state index contributed by atoms with van der Waals surface area (Å²) >= 11 is 1.45. The molecule has 0 N–H and O–H groups in total. The van der Waals surface area contributed by atoms with Crippen LogP contribution < -0.4 is 9.47 Å². The molecule has 1 saturated carbocycles. The second-order valence-corrected chi connectivity index (χ2v) is 11.0. The molecule has 6 heteroatoms. The van der Waals surface area contributed by atoms with Crippen molar-refractivity contribution in [2.24, 2.45) is 10.9 Å². The van der Waals surface area contributed by atoms with Crippen LogP contribution in [0.5, 0.6) is 11.5 Å². The van der Waals surface area contributed by atoms with Gasteiger partial charge in [0.15, 0.2) is 16.7 Å². The molecule has 0 bridgehead atoms. The zero-order valence-corrected chi connectivity index (χ0v) is 23.0. The molecule has 1 aliphatic carbocycles. The number of rotatable bonds is 7. The van der Waals surface area contributed by atoms with Crippen LogP contribution in [0.15, 0.2) is 82.7 Å². The fraction of sp³-hybridized carbons (Fsp3) is 0.312. The largest absolute Gasteiger partial charge is 0.493 e. The maximum Gasteiger partial charge on any atom is 0.267 e. The van der Waals surface area contributed by atoms with Gasteiger partial charge in [-0.2, -0.15) is 0 Å². The number of carbonyl (C=O) groups is 1. The zero-order chi connectivity index (χ0) is 26.5. The number of nitrogens with zero attached hydrogens (tertiary/aromatic N) is 2. The number of hydrogen-bond donors (Lipinski definition) is 0. The maximum absolute atomic E-state index is 13.8. The quantitative estimate of drug-likeness (QED) is 0.295. The van der Waals surface area contributed by atoms with E-state index in [1.54, 1.807) is 7.11 Å². The van der Waals surface area contributed by atoms with Crippen molar-refractivity contribution in [3.63, 3.8) is 0 Å². The number of ether oxygens (including phenoxy) is 2. The van der Waals surface area contributed by atoms with Gasteiger partial charge in [0.1, 0.15) is 6.61 Å². The Labute approximate surface area is 229 Å². The van der Waals surface area contributed by atoms with E-state index in [0.717, 1.165) is 41.2 Å². The van der Waals surface area contributed by atoms with Crippen LogP contribution in [-0.2, 0) is 11.4 Å². The van der Waals surface area contributed by atoms with Gasteiger partial charge in [-0.05, 0) is 78.9 Å². The third-order valence-electron chi connectivity index (χ3n) is 7.18. The number of aryl methyl sites for hydroxylation is 1. The minimum Gasteiger partial charge on any atom is -0.493 e. The maximum atomic E-state index is 13.8. The summed E-state index contributed by atoms with van der Waals surface area (Å²) in [4.78, 5) is 21.3. The van der Waals surface area contributed by atoms with Crippen LogP contribution >= 0.6 is 11.8 Å². The number of thioether (sulfide) groups is 1.